The molecular weight excluding hydrogens is 104 g/mol. The fourth-order valence-corrected chi connectivity index (χ4v) is 0.643. The van der Waals surface area contributed by atoms with Crippen LogP contribution in [-0.4, -0.2) is 12.1 Å². The Hall–Kier alpha value is -0.970. The van der Waals surface area contributed by atoms with E-state index >= 15 is 0 Å². The average Bonchev–Trinajstić information content (AvgIpc) is 2.14. The Balaban J connectivity index is 2.47. The van der Waals surface area contributed by atoms with Gasteiger partial charge in [-0.1, -0.05) is 5.92 Å². The van der Waals surface area contributed by atoms with Gasteiger partial charge in [-0.25, -0.2) is 0 Å². The number of hydrogen-bond acceptors (Lipinski definition) is 2. The molecule has 0 bridgehead atoms. The van der Waals surface area contributed by atoms with E-state index in [1.807, 2.05) is 0 Å². The van der Waals surface area contributed by atoms with Gasteiger partial charge in [0.1, 0.15) is 0 Å². The molecule has 1 rings (SSSR count). The Morgan fingerprint density at radius 1 is 1.88 bits per heavy atom. The summed E-state index contributed by atoms with van der Waals surface area (Å²) in [4.78, 5) is 10.3. The van der Waals surface area contributed by atoms with Gasteiger partial charge in [0.25, 0.3) is 0 Å². The predicted octanol–water partition coefficient (Wildman–Crippen LogP) is 0.325. The summed E-state index contributed by atoms with van der Waals surface area (Å²) >= 11 is 0. The van der Waals surface area contributed by atoms with Crippen molar-refractivity contribution < 1.29 is 9.53 Å². The lowest BCUT2D eigenvalue weighted by atomic mass is 10.2. The molecule has 0 spiro atoms. The minimum Gasteiger partial charge on any atom is -0.449 e. The maximum Gasteiger partial charge on any atom is 0.307 e. The van der Waals surface area contributed by atoms with Crippen molar-refractivity contribution in [3.05, 3.63) is 0 Å². The summed E-state index contributed by atoms with van der Waals surface area (Å²) < 4.78 is 4.64. The highest BCUT2D eigenvalue weighted by Gasteiger charge is 2.20. The molecule has 42 valence electrons. The second-order valence-electron chi connectivity index (χ2n) is 1.68. The lowest BCUT2D eigenvalue weighted by Crippen LogP contribution is -2.01. The van der Waals surface area contributed by atoms with Crippen LogP contribution >= 0.6 is 0 Å². The van der Waals surface area contributed by atoms with Crippen LogP contribution in [0, 0.1) is 12.3 Å². The van der Waals surface area contributed by atoms with E-state index in [0.717, 1.165) is 0 Å². The van der Waals surface area contributed by atoms with Gasteiger partial charge in [-0.05, 0) is 0 Å². The summed E-state index contributed by atoms with van der Waals surface area (Å²) in [5.41, 5.74) is 0. The molecule has 0 aromatic carbocycles. The van der Waals surface area contributed by atoms with E-state index in [0.29, 0.717) is 12.8 Å². The monoisotopic (exact) mass is 110 g/mol. The summed E-state index contributed by atoms with van der Waals surface area (Å²) in [6.07, 6.45) is 5.89. The van der Waals surface area contributed by atoms with Gasteiger partial charge in [-0.3, -0.25) is 4.79 Å². The Bertz CT molecular complexity index is 143. The minimum absolute atomic E-state index is 0.173. The van der Waals surface area contributed by atoms with Crippen LogP contribution in [0.25, 0.3) is 0 Å². The molecule has 0 aliphatic carbocycles. The lowest BCUT2D eigenvalue weighted by Gasteiger charge is -1.95. The molecule has 1 heterocycles. The van der Waals surface area contributed by atoms with Crippen molar-refractivity contribution in [1.29, 1.82) is 0 Å². The molecule has 0 aromatic heterocycles. The van der Waals surface area contributed by atoms with Crippen molar-refractivity contribution in [2.75, 3.05) is 0 Å². The van der Waals surface area contributed by atoms with Crippen LogP contribution < -0.4 is 0 Å². The summed E-state index contributed by atoms with van der Waals surface area (Å²) in [5.74, 6) is 2.18. The zero-order valence-electron chi connectivity index (χ0n) is 4.39. The van der Waals surface area contributed by atoms with Crippen molar-refractivity contribution in [2.24, 2.45) is 0 Å². The van der Waals surface area contributed by atoms with Crippen LogP contribution in [-0.2, 0) is 9.53 Å². The molecule has 8 heavy (non-hydrogen) atoms. The molecule has 0 aromatic rings. The van der Waals surface area contributed by atoms with E-state index in [9.17, 15) is 4.79 Å². The van der Waals surface area contributed by atoms with Crippen molar-refractivity contribution >= 4 is 5.97 Å². The molecule has 1 aliphatic heterocycles. The molecule has 2 nitrogen and oxygen atoms in total. The topological polar surface area (TPSA) is 26.3 Å². The van der Waals surface area contributed by atoms with Crippen LogP contribution in [0.5, 0.6) is 0 Å². The highest BCUT2D eigenvalue weighted by Crippen LogP contribution is 2.11. The largest absolute Gasteiger partial charge is 0.449 e. The van der Waals surface area contributed by atoms with Crippen LogP contribution in [0.1, 0.15) is 12.8 Å². The van der Waals surface area contributed by atoms with Gasteiger partial charge in [0.05, 0.1) is 6.42 Å². The molecule has 0 saturated carbocycles. The highest BCUT2D eigenvalue weighted by atomic mass is 16.5. The first-order valence-corrected chi connectivity index (χ1v) is 2.48. The average molecular weight is 110 g/mol. The Morgan fingerprint density at radius 2 is 2.62 bits per heavy atom. The maximum atomic E-state index is 10.3. The van der Waals surface area contributed by atoms with Gasteiger partial charge in [0.2, 0.25) is 0 Å². The third-order valence-electron chi connectivity index (χ3n) is 1.07. The number of cyclic esters (lactones) is 1. The predicted molar refractivity (Wildman–Crippen MR) is 27.9 cm³/mol. The highest BCUT2D eigenvalue weighted by molar-refractivity contribution is 5.71. The van der Waals surface area contributed by atoms with Crippen LogP contribution in [0.4, 0.5) is 0 Å². The van der Waals surface area contributed by atoms with E-state index in [2.05, 4.69) is 10.7 Å². The third-order valence-corrected chi connectivity index (χ3v) is 1.07. The quantitative estimate of drug-likeness (QED) is 0.331. The Kier molecular flexibility index (Phi) is 1.21. The number of carbonyl (C=O) groups excluding carboxylic acids is 1. The molecule has 0 N–H and O–H groups in total. The molecule has 1 saturated heterocycles. The zero-order chi connectivity index (χ0) is 5.98. The Morgan fingerprint density at radius 3 is 2.88 bits per heavy atom. The summed E-state index contributed by atoms with van der Waals surface area (Å²) in [6, 6.07) is 0. The number of esters is 1. The van der Waals surface area contributed by atoms with Gasteiger partial charge >= 0.3 is 5.97 Å². The van der Waals surface area contributed by atoms with E-state index < -0.39 is 0 Å². The molecule has 0 radical (unpaired) electrons. The van der Waals surface area contributed by atoms with Crippen molar-refractivity contribution in [3.63, 3.8) is 0 Å². The number of carbonyl (C=O) groups is 1. The lowest BCUT2D eigenvalue weighted by molar-refractivity contribution is -0.139. The molecule has 2 heteroatoms. The van der Waals surface area contributed by atoms with Crippen molar-refractivity contribution in [3.8, 4) is 12.3 Å². The standard InChI is InChI=1S/C6H6O2/c1-2-5-3-4-6(7)8-5/h1,5H,3-4H2. The molecule has 1 unspecified atom stereocenters. The van der Waals surface area contributed by atoms with Gasteiger partial charge in [0, 0.05) is 6.42 Å². The van der Waals surface area contributed by atoms with Gasteiger partial charge in [0.15, 0.2) is 6.10 Å². The van der Waals surface area contributed by atoms with Gasteiger partial charge < -0.3 is 4.74 Å². The first-order valence-electron chi connectivity index (χ1n) is 2.48. The summed E-state index contributed by atoms with van der Waals surface area (Å²) in [7, 11) is 0. The minimum atomic E-state index is -0.248. The van der Waals surface area contributed by atoms with Gasteiger partial charge in [-0.2, -0.15) is 0 Å². The van der Waals surface area contributed by atoms with E-state index in [1.165, 1.54) is 0 Å². The maximum absolute atomic E-state index is 10.3. The fourth-order valence-electron chi connectivity index (χ4n) is 0.643. The van der Waals surface area contributed by atoms with Gasteiger partial charge in [-0.15, -0.1) is 6.42 Å². The summed E-state index contributed by atoms with van der Waals surface area (Å²) in [5, 5.41) is 0. The van der Waals surface area contributed by atoms with E-state index in [4.69, 9.17) is 6.42 Å². The molecule has 1 aliphatic rings. The van der Waals surface area contributed by atoms with Crippen LogP contribution in [0.2, 0.25) is 0 Å². The first kappa shape index (κ1) is 5.17. The third kappa shape index (κ3) is 0.812. The molecule has 0 amide bonds. The SMILES string of the molecule is C#CC1CCC(=O)O1. The van der Waals surface area contributed by atoms with E-state index in [-0.39, 0.29) is 12.1 Å². The number of rotatable bonds is 0. The summed E-state index contributed by atoms with van der Waals surface area (Å²) in [6.45, 7) is 0. The zero-order valence-corrected chi connectivity index (χ0v) is 4.39. The molecule has 1 fully saturated rings. The molecular formula is C6H6O2. The number of ether oxygens (including phenoxy) is 1. The smallest absolute Gasteiger partial charge is 0.307 e. The number of hydrogen-bond donors (Lipinski definition) is 0. The van der Waals surface area contributed by atoms with Crippen LogP contribution in [0.3, 0.4) is 0 Å². The van der Waals surface area contributed by atoms with Crippen molar-refractivity contribution in [2.45, 2.75) is 18.9 Å². The second-order valence-corrected chi connectivity index (χ2v) is 1.68. The van der Waals surface area contributed by atoms with E-state index in [1.54, 1.807) is 0 Å². The normalized spacial score (nSPS) is 26.9. The second kappa shape index (κ2) is 1.87. The first-order chi connectivity index (χ1) is 3.83. The number of terminal acetylenes is 1. The molecule has 1 atom stereocenters. The Labute approximate surface area is 47.8 Å². The van der Waals surface area contributed by atoms with Crippen LogP contribution in [0.15, 0.2) is 0 Å². The van der Waals surface area contributed by atoms with Crippen molar-refractivity contribution in [1.82, 2.24) is 0 Å². The fraction of sp³-hybridized carbons (Fsp3) is 0.500.